The van der Waals surface area contributed by atoms with Crippen LogP contribution in [-0.4, -0.2) is 29.1 Å². The van der Waals surface area contributed by atoms with Crippen LogP contribution in [0.2, 0.25) is 0 Å². The Balaban J connectivity index is 1.84. The zero-order chi connectivity index (χ0) is 20.4. The van der Waals surface area contributed by atoms with Crippen molar-refractivity contribution in [3.8, 4) is 5.75 Å². The Morgan fingerprint density at radius 1 is 1.41 bits per heavy atom. The number of hydrazone groups is 1. The van der Waals surface area contributed by atoms with Gasteiger partial charge in [-0.2, -0.15) is 5.10 Å². The van der Waals surface area contributed by atoms with E-state index in [4.69, 9.17) is 27.2 Å². The van der Waals surface area contributed by atoms with Crippen LogP contribution < -0.4 is 10.5 Å². The molecule has 2 heterocycles. The van der Waals surface area contributed by atoms with Gasteiger partial charge in [0.25, 0.3) is 0 Å². The van der Waals surface area contributed by atoms with Crippen LogP contribution in [0.1, 0.15) is 31.7 Å². The van der Waals surface area contributed by atoms with Gasteiger partial charge >= 0.3 is 0 Å². The average molecular weight is 430 g/mol. The van der Waals surface area contributed by atoms with Gasteiger partial charge in [0.05, 0.1) is 6.61 Å². The molecule has 1 aliphatic carbocycles. The largest absolute Gasteiger partial charge is 0.493 e. The van der Waals surface area contributed by atoms with Crippen molar-refractivity contribution in [2.75, 3.05) is 13.2 Å². The zero-order valence-electron chi connectivity index (χ0n) is 16.3. The van der Waals surface area contributed by atoms with Crippen LogP contribution in [0.5, 0.6) is 5.75 Å². The van der Waals surface area contributed by atoms with E-state index < -0.39 is 4.87 Å². The predicted molar refractivity (Wildman–Crippen MR) is 119 cm³/mol. The van der Waals surface area contributed by atoms with Gasteiger partial charge in [-0.25, -0.2) is 5.01 Å². The van der Waals surface area contributed by atoms with Crippen LogP contribution in [0.4, 0.5) is 0 Å². The third kappa shape index (κ3) is 3.65. The number of nitrogens with two attached hydrogens (primary N) is 1. The Labute approximate surface area is 180 Å². The molecule has 1 spiro atoms. The first-order chi connectivity index (χ1) is 14.1. The molecule has 1 unspecified atom stereocenters. The number of allylic oxidation sites excluding steroid dienone is 5. The molecular formula is C22H24ClN3O2S. The van der Waals surface area contributed by atoms with Crippen molar-refractivity contribution in [1.82, 2.24) is 5.01 Å². The highest BCUT2D eigenvalue weighted by atomic mass is 35.5. The number of ether oxygens (including phenoxy) is 1. The van der Waals surface area contributed by atoms with Gasteiger partial charge in [-0.05, 0) is 37.9 Å². The van der Waals surface area contributed by atoms with Gasteiger partial charge in [-0.3, -0.25) is 4.79 Å². The lowest BCUT2D eigenvalue weighted by molar-refractivity contribution is -0.134. The molecule has 0 bridgehead atoms. The van der Waals surface area contributed by atoms with Crippen molar-refractivity contribution in [1.29, 1.82) is 0 Å². The molecule has 1 aromatic rings. The van der Waals surface area contributed by atoms with E-state index in [-0.39, 0.29) is 11.8 Å². The summed E-state index contributed by atoms with van der Waals surface area (Å²) < 4.78 is 6.02. The average Bonchev–Trinajstić information content (AvgIpc) is 3.09. The van der Waals surface area contributed by atoms with Crippen LogP contribution in [0.3, 0.4) is 0 Å². The van der Waals surface area contributed by atoms with E-state index in [0.29, 0.717) is 18.2 Å². The Kier molecular flexibility index (Phi) is 5.86. The molecule has 4 rings (SSSR count). The van der Waals surface area contributed by atoms with E-state index in [1.165, 1.54) is 0 Å². The number of fused-ring (bicyclic) bond motifs is 2. The molecule has 2 atom stereocenters. The fourth-order valence-corrected chi connectivity index (χ4v) is 5.81. The second kappa shape index (κ2) is 8.38. The quantitative estimate of drug-likeness (QED) is 0.767. The number of carbonyl (C=O) groups is 1. The normalized spacial score (nSPS) is 29.7. The van der Waals surface area contributed by atoms with Crippen molar-refractivity contribution in [2.45, 2.75) is 31.1 Å². The maximum absolute atomic E-state index is 12.8. The van der Waals surface area contributed by atoms with Crippen LogP contribution in [0.15, 0.2) is 64.3 Å². The molecule has 3 aliphatic rings. The summed E-state index contributed by atoms with van der Waals surface area (Å²) in [6.45, 7) is 2.56. The van der Waals surface area contributed by atoms with Crippen molar-refractivity contribution in [2.24, 2.45) is 16.8 Å². The molecule has 0 saturated heterocycles. The molecule has 2 aliphatic heterocycles. The third-order valence-corrected chi connectivity index (χ3v) is 7.16. The fraction of sp³-hybridized carbons (Fsp3) is 0.364. The number of hydrogen-bond donors (Lipinski definition) is 1. The van der Waals surface area contributed by atoms with Crippen molar-refractivity contribution in [3.05, 3.63) is 64.7 Å². The summed E-state index contributed by atoms with van der Waals surface area (Å²) in [6.07, 6.45) is 10.6. The van der Waals surface area contributed by atoms with Crippen LogP contribution in [-0.2, 0) is 9.67 Å². The molecule has 7 heteroatoms. The molecule has 5 nitrogen and oxygen atoms in total. The Morgan fingerprint density at radius 3 is 3.03 bits per heavy atom. The zero-order valence-corrected chi connectivity index (χ0v) is 17.9. The molecule has 2 N–H and O–H groups in total. The first-order valence-corrected chi connectivity index (χ1v) is 11.0. The third-order valence-electron chi connectivity index (χ3n) is 5.35. The molecule has 0 radical (unpaired) electrons. The lowest BCUT2D eigenvalue weighted by Gasteiger charge is -2.45. The van der Waals surface area contributed by atoms with Gasteiger partial charge < -0.3 is 10.5 Å². The predicted octanol–water partition coefficient (Wildman–Crippen LogP) is 4.50. The van der Waals surface area contributed by atoms with Gasteiger partial charge in [-0.1, -0.05) is 59.8 Å². The second-order valence-electron chi connectivity index (χ2n) is 7.28. The highest BCUT2D eigenvalue weighted by molar-refractivity contribution is 8.15. The topological polar surface area (TPSA) is 67.9 Å². The standard InChI is InChI=1S/C22H24ClN3O2S/c1-15(27)26-22(17(11-12-24)14-28-20-10-6-5-9-19(20)22)29-21(25-26)16-7-3-2-4-8-18(23)13-16/h3,5-10,13,17H,2,4,11-12,14,24H2,1H3/b7-3?,16-13+,18-8+/t17-,22?/m1/s1. The molecule has 1 amide bonds. The highest BCUT2D eigenvalue weighted by Gasteiger charge is 2.56. The summed E-state index contributed by atoms with van der Waals surface area (Å²) in [6, 6.07) is 7.88. The highest BCUT2D eigenvalue weighted by Crippen LogP contribution is 2.57. The van der Waals surface area contributed by atoms with E-state index in [1.807, 2.05) is 42.5 Å². The number of nitrogens with zero attached hydrogens (tertiary/aromatic N) is 2. The van der Waals surface area contributed by atoms with Gasteiger partial charge in [0, 0.05) is 29.0 Å². The molecule has 29 heavy (non-hydrogen) atoms. The van der Waals surface area contributed by atoms with Gasteiger partial charge in [0.15, 0.2) is 4.87 Å². The number of rotatable bonds is 3. The summed E-state index contributed by atoms with van der Waals surface area (Å²) in [5, 5.41) is 7.88. The summed E-state index contributed by atoms with van der Waals surface area (Å²) in [5.41, 5.74) is 7.80. The van der Waals surface area contributed by atoms with E-state index in [2.05, 4.69) is 6.08 Å². The minimum atomic E-state index is -0.678. The number of benzene rings is 1. The summed E-state index contributed by atoms with van der Waals surface area (Å²) in [4.78, 5) is 12.1. The van der Waals surface area contributed by atoms with Gasteiger partial charge in [-0.15, -0.1) is 0 Å². The minimum Gasteiger partial charge on any atom is -0.493 e. The summed E-state index contributed by atoms with van der Waals surface area (Å²) in [5.74, 6) is 0.695. The van der Waals surface area contributed by atoms with E-state index >= 15 is 0 Å². The Morgan fingerprint density at radius 2 is 2.24 bits per heavy atom. The second-order valence-corrected chi connectivity index (χ2v) is 8.93. The lowest BCUT2D eigenvalue weighted by Crippen LogP contribution is -2.51. The summed E-state index contributed by atoms with van der Waals surface area (Å²) >= 11 is 7.97. The first-order valence-electron chi connectivity index (χ1n) is 9.81. The first kappa shape index (κ1) is 20.3. The Bertz CT molecular complexity index is 940. The molecule has 0 saturated carbocycles. The maximum atomic E-state index is 12.8. The smallest absolute Gasteiger partial charge is 0.241 e. The molecule has 1 aromatic carbocycles. The SMILES string of the molecule is CC(=O)N1N=C(/C2=C/C(Cl)=C\CCC=C2)SC12c1ccccc1OC[C@H]2CCN. The minimum absolute atomic E-state index is 0.0155. The molecule has 0 fully saturated rings. The summed E-state index contributed by atoms with van der Waals surface area (Å²) in [7, 11) is 0. The molecular weight excluding hydrogens is 406 g/mol. The van der Waals surface area contributed by atoms with Gasteiger partial charge in [0.1, 0.15) is 10.8 Å². The molecule has 0 aromatic heterocycles. The van der Waals surface area contributed by atoms with E-state index in [0.717, 1.165) is 41.2 Å². The molecule has 152 valence electrons. The maximum Gasteiger partial charge on any atom is 0.241 e. The number of carbonyl (C=O) groups excluding carboxylic acids is 1. The number of thioether (sulfide) groups is 1. The number of para-hydroxylation sites is 1. The lowest BCUT2D eigenvalue weighted by atomic mass is 9.86. The monoisotopic (exact) mass is 429 g/mol. The number of amides is 1. The number of hydrogen-bond acceptors (Lipinski definition) is 5. The van der Waals surface area contributed by atoms with E-state index in [1.54, 1.807) is 23.7 Å². The van der Waals surface area contributed by atoms with Crippen molar-refractivity contribution in [3.63, 3.8) is 0 Å². The fourth-order valence-electron chi connectivity index (χ4n) is 4.03. The van der Waals surface area contributed by atoms with Gasteiger partial charge in [0.2, 0.25) is 5.91 Å². The number of halogens is 1. The van der Waals surface area contributed by atoms with E-state index in [9.17, 15) is 4.79 Å². The van der Waals surface area contributed by atoms with Crippen LogP contribution >= 0.6 is 23.4 Å². The van der Waals surface area contributed by atoms with Crippen LogP contribution in [0, 0.1) is 5.92 Å². The Hall–Kier alpha value is -2.02. The van der Waals surface area contributed by atoms with Crippen molar-refractivity contribution >= 4 is 34.3 Å². The van der Waals surface area contributed by atoms with Crippen LogP contribution in [0.25, 0.3) is 0 Å². The van der Waals surface area contributed by atoms with Crippen molar-refractivity contribution < 1.29 is 9.53 Å².